The molecule has 146 valence electrons. The van der Waals surface area contributed by atoms with Crippen LogP contribution < -0.4 is 10.6 Å². The number of aromatic nitrogens is 2. The molecular formula is C21H31N5O. The number of fused-ring (bicyclic) bond motifs is 1. The van der Waals surface area contributed by atoms with Gasteiger partial charge in [0.05, 0.1) is 18.7 Å². The highest BCUT2D eigenvalue weighted by Crippen LogP contribution is 2.25. The molecule has 0 amide bonds. The van der Waals surface area contributed by atoms with Gasteiger partial charge in [-0.15, -0.1) is 0 Å². The van der Waals surface area contributed by atoms with E-state index in [1.165, 1.54) is 32.1 Å². The number of anilines is 2. The molecule has 6 nitrogen and oxygen atoms in total. The van der Waals surface area contributed by atoms with E-state index in [0.717, 1.165) is 74.5 Å². The van der Waals surface area contributed by atoms with E-state index in [9.17, 15) is 0 Å². The van der Waals surface area contributed by atoms with Crippen LogP contribution in [0, 0.1) is 5.92 Å². The molecule has 1 aromatic heterocycles. The van der Waals surface area contributed by atoms with Crippen LogP contribution in [0.3, 0.4) is 0 Å². The van der Waals surface area contributed by atoms with Crippen LogP contribution in [0.4, 0.5) is 11.8 Å². The summed E-state index contributed by atoms with van der Waals surface area (Å²) in [6.07, 6.45) is 6.76. The van der Waals surface area contributed by atoms with Crippen LogP contribution in [-0.2, 0) is 4.74 Å². The molecule has 2 N–H and O–H groups in total. The van der Waals surface area contributed by atoms with E-state index in [1.54, 1.807) is 0 Å². The van der Waals surface area contributed by atoms with Gasteiger partial charge >= 0.3 is 0 Å². The first-order chi connectivity index (χ1) is 13.4. The zero-order valence-electron chi connectivity index (χ0n) is 16.1. The Bertz CT molecular complexity index is 726. The van der Waals surface area contributed by atoms with Crippen LogP contribution in [0.1, 0.15) is 32.1 Å². The summed E-state index contributed by atoms with van der Waals surface area (Å²) in [7, 11) is 0. The molecule has 2 fully saturated rings. The molecule has 0 unspecified atom stereocenters. The van der Waals surface area contributed by atoms with Gasteiger partial charge in [-0.1, -0.05) is 31.4 Å². The maximum Gasteiger partial charge on any atom is 0.225 e. The predicted octanol–water partition coefficient (Wildman–Crippen LogP) is 3.37. The lowest BCUT2D eigenvalue weighted by atomic mass is 9.89. The number of nitrogens with one attached hydrogen (secondary N) is 2. The van der Waals surface area contributed by atoms with Gasteiger partial charge in [0.1, 0.15) is 5.82 Å². The van der Waals surface area contributed by atoms with Crippen molar-refractivity contribution < 1.29 is 4.74 Å². The third kappa shape index (κ3) is 5.08. The van der Waals surface area contributed by atoms with Crippen LogP contribution >= 0.6 is 0 Å². The highest BCUT2D eigenvalue weighted by atomic mass is 16.5. The Labute approximate surface area is 161 Å². The van der Waals surface area contributed by atoms with Crippen molar-refractivity contribution in [3.8, 4) is 0 Å². The van der Waals surface area contributed by atoms with Crippen molar-refractivity contribution in [1.82, 2.24) is 14.9 Å². The smallest absolute Gasteiger partial charge is 0.225 e. The summed E-state index contributed by atoms with van der Waals surface area (Å²) in [5, 5.41) is 8.12. The van der Waals surface area contributed by atoms with E-state index in [4.69, 9.17) is 14.7 Å². The fourth-order valence-electron chi connectivity index (χ4n) is 4.07. The lowest BCUT2D eigenvalue weighted by Crippen LogP contribution is -2.39. The molecule has 1 aliphatic carbocycles. The van der Waals surface area contributed by atoms with Gasteiger partial charge in [-0.25, -0.2) is 4.98 Å². The second-order valence-corrected chi connectivity index (χ2v) is 7.68. The van der Waals surface area contributed by atoms with E-state index in [-0.39, 0.29) is 0 Å². The zero-order chi connectivity index (χ0) is 18.3. The number of rotatable bonds is 7. The summed E-state index contributed by atoms with van der Waals surface area (Å²) in [6.45, 7) is 6.57. The molecule has 2 aromatic rings. The van der Waals surface area contributed by atoms with Gasteiger partial charge < -0.3 is 15.4 Å². The largest absolute Gasteiger partial charge is 0.379 e. The Hall–Kier alpha value is -1.92. The molecule has 2 aliphatic rings. The van der Waals surface area contributed by atoms with Gasteiger partial charge in [0.2, 0.25) is 5.95 Å². The fraction of sp³-hybridized carbons (Fsp3) is 0.619. The SMILES string of the molecule is c1ccc2c(NCCN3CCOCC3)nc(NCC3CCCCC3)nc2c1. The van der Waals surface area contributed by atoms with Crippen molar-refractivity contribution in [3.05, 3.63) is 24.3 Å². The molecule has 0 atom stereocenters. The third-order valence-corrected chi connectivity index (χ3v) is 5.70. The Morgan fingerprint density at radius 1 is 1.00 bits per heavy atom. The molecule has 0 radical (unpaired) electrons. The number of para-hydroxylation sites is 1. The second kappa shape index (κ2) is 9.33. The average Bonchev–Trinajstić information content (AvgIpc) is 2.74. The fourth-order valence-corrected chi connectivity index (χ4v) is 4.07. The lowest BCUT2D eigenvalue weighted by molar-refractivity contribution is 0.0398. The first-order valence-corrected chi connectivity index (χ1v) is 10.4. The van der Waals surface area contributed by atoms with Gasteiger partial charge in [-0.05, 0) is 30.9 Å². The lowest BCUT2D eigenvalue weighted by Gasteiger charge is -2.26. The van der Waals surface area contributed by atoms with Crippen molar-refractivity contribution in [2.45, 2.75) is 32.1 Å². The van der Waals surface area contributed by atoms with Gasteiger partial charge in [-0.3, -0.25) is 4.90 Å². The first kappa shape index (κ1) is 18.4. The molecule has 1 saturated carbocycles. The van der Waals surface area contributed by atoms with Crippen molar-refractivity contribution in [1.29, 1.82) is 0 Å². The maximum atomic E-state index is 5.42. The maximum absolute atomic E-state index is 5.42. The van der Waals surface area contributed by atoms with Crippen LogP contribution in [0.2, 0.25) is 0 Å². The molecule has 0 spiro atoms. The van der Waals surface area contributed by atoms with Gasteiger partial charge in [0.25, 0.3) is 0 Å². The normalized spacial score (nSPS) is 19.3. The summed E-state index contributed by atoms with van der Waals surface area (Å²) >= 11 is 0. The first-order valence-electron chi connectivity index (χ1n) is 10.4. The van der Waals surface area contributed by atoms with Crippen LogP contribution in [0.15, 0.2) is 24.3 Å². The number of nitrogens with zero attached hydrogens (tertiary/aromatic N) is 3. The predicted molar refractivity (Wildman–Crippen MR) is 110 cm³/mol. The van der Waals surface area contributed by atoms with Crippen LogP contribution in [0.5, 0.6) is 0 Å². The zero-order valence-corrected chi connectivity index (χ0v) is 16.1. The molecule has 6 heteroatoms. The van der Waals surface area contributed by atoms with Crippen LogP contribution in [-0.4, -0.2) is 60.8 Å². The molecule has 4 rings (SSSR count). The summed E-state index contributed by atoms with van der Waals surface area (Å²) in [5.41, 5.74) is 0.993. The summed E-state index contributed by atoms with van der Waals surface area (Å²) < 4.78 is 5.42. The topological polar surface area (TPSA) is 62.3 Å². The van der Waals surface area contributed by atoms with E-state index >= 15 is 0 Å². The van der Waals surface area contributed by atoms with Crippen LogP contribution in [0.25, 0.3) is 10.9 Å². The minimum atomic E-state index is 0.744. The van der Waals surface area contributed by atoms with Crippen molar-refractivity contribution in [2.75, 3.05) is 56.6 Å². The molecule has 1 aliphatic heterocycles. The van der Waals surface area contributed by atoms with Gasteiger partial charge in [0.15, 0.2) is 0 Å². The molecule has 1 aromatic carbocycles. The summed E-state index contributed by atoms with van der Waals surface area (Å²) in [6, 6.07) is 8.25. The molecule has 2 heterocycles. The number of morpholine rings is 1. The van der Waals surface area contributed by atoms with Gasteiger partial charge in [0, 0.05) is 38.1 Å². The minimum Gasteiger partial charge on any atom is -0.379 e. The minimum absolute atomic E-state index is 0.744. The highest BCUT2D eigenvalue weighted by Gasteiger charge is 2.15. The quantitative estimate of drug-likeness (QED) is 0.780. The Morgan fingerprint density at radius 3 is 2.67 bits per heavy atom. The Balaban J connectivity index is 1.41. The standard InChI is InChI=1S/C21H31N5O/c1-2-6-17(7-3-1)16-23-21-24-19-9-5-4-8-18(19)20(25-21)22-10-11-26-12-14-27-15-13-26/h4-5,8-9,17H,1-3,6-7,10-16H2,(H2,22,23,24,25). The number of ether oxygens (including phenoxy) is 1. The average molecular weight is 370 g/mol. The Kier molecular flexibility index (Phi) is 6.37. The van der Waals surface area contributed by atoms with Crippen molar-refractivity contribution >= 4 is 22.7 Å². The van der Waals surface area contributed by atoms with E-state index < -0.39 is 0 Å². The number of hydrogen-bond donors (Lipinski definition) is 2. The summed E-state index contributed by atoms with van der Waals surface area (Å²) in [4.78, 5) is 12.0. The molecular weight excluding hydrogens is 338 g/mol. The van der Waals surface area contributed by atoms with E-state index in [1.807, 2.05) is 12.1 Å². The molecule has 0 bridgehead atoms. The van der Waals surface area contributed by atoms with E-state index in [0.29, 0.717) is 0 Å². The van der Waals surface area contributed by atoms with E-state index in [2.05, 4.69) is 27.7 Å². The summed E-state index contributed by atoms with van der Waals surface area (Å²) in [5.74, 6) is 2.43. The van der Waals surface area contributed by atoms with Gasteiger partial charge in [-0.2, -0.15) is 4.98 Å². The molecule has 27 heavy (non-hydrogen) atoms. The van der Waals surface area contributed by atoms with Crippen molar-refractivity contribution in [2.24, 2.45) is 5.92 Å². The van der Waals surface area contributed by atoms with Crippen molar-refractivity contribution in [3.63, 3.8) is 0 Å². The monoisotopic (exact) mass is 369 g/mol. The number of hydrogen-bond acceptors (Lipinski definition) is 6. The number of benzene rings is 1. The second-order valence-electron chi connectivity index (χ2n) is 7.68. The molecule has 1 saturated heterocycles. The third-order valence-electron chi connectivity index (χ3n) is 5.70. The Morgan fingerprint density at radius 2 is 1.81 bits per heavy atom. The highest BCUT2D eigenvalue weighted by molar-refractivity contribution is 5.90.